The third-order valence-electron chi connectivity index (χ3n) is 3.76. The standard InChI is InChI=1S/C17H40O6Si3/c1-18-14-13(12-20-24(3,4)5)21-17(19-2)16(23-26(9,10)11)15(14)22-25(6,7)8/h13-17H,12H2,1-11H3. The van der Waals surface area contributed by atoms with E-state index in [0.29, 0.717) is 6.61 Å². The van der Waals surface area contributed by atoms with E-state index in [2.05, 4.69) is 58.9 Å². The average Bonchev–Trinajstić information content (AvgIpc) is 2.43. The molecule has 0 N–H and O–H groups in total. The van der Waals surface area contributed by atoms with Gasteiger partial charge < -0.3 is 27.5 Å². The highest BCUT2D eigenvalue weighted by Crippen LogP contribution is 2.32. The third-order valence-corrected chi connectivity index (χ3v) is 6.75. The molecule has 0 bridgehead atoms. The van der Waals surface area contributed by atoms with Gasteiger partial charge in [0.2, 0.25) is 0 Å². The van der Waals surface area contributed by atoms with Crippen molar-refractivity contribution in [2.24, 2.45) is 0 Å². The van der Waals surface area contributed by atoms with Gasteiger partial charge in [-0.2, -0.15) is 0 Å². The van der Waals surface area contributed by atoms with Crippen LogP contribution in [0.3, 0.4) is 0 Å². The van der Waals surface area contributed by atoms with E-state index in [1.807, 2.05) is 0 Å². The fraction of sp³-hybridized carbons (Fsp3) is 1.00. The molecule has 26 heavy (non-hydrogen) atoms. The molecule has 1 fully saturated rings. The first-order chi connectivity index (χ1) is 11.7. The summed E-state index contributed by atoms with van der Waals surface area (Å²) in [5.41, 5.74) is 0. The van der Waals surface area contributed by atoms with Gasteiger partial charge in [0.1, 0.15) is 24.4 Å². The highest BCUT2D eigenvalue weighted by Gasteiger charge is 2.50. The molecule has 0 aromatic carbocycles. The fourth-order valence-corrected chi connectivity index (χ4v) is 5.71. The molecule has 1 saturated heterocycles. The van der Waals surface area contributed by atoms with Crippen LogP contribution in [0.4, 0.5) is 0 Å². The van der Waals surface area contributed by atoms with Gasteiger partial charge in [0.05, 0.1) is 6.61 Å². The molecule has 1 aliphatic heterocycles. The summed E-state index contributed by atoms with van der Waals surface area (Å²) in [7, 11) is -1.99. The zero-order valence-corrected chi connectivity index (χ0v) is 21.5. The van der Waals surface area contributed by atoms with Crippen molar-refractivity contribution < 1.29 is 27.5 Å². The second-order valence-electron chi connectivity index (χ2n) is 9.79. The van der Waals surface area contributed by atoms with E-state index < -0.39 is 31.2 Å². The lowest BCUT2D eigenvalue weighted by atomic mass is 9.99. The maximum atomic E-state index is 6.54. The predicted molar refractivity (Wildman–Crippen MR) is 112 cm³/mol. The van der Waals surface area contributed by atoms with Crippen LogP contribution in [0.25, 0.3) is 0 Å². The molecule has 0 aromatic rings. The Kier molecular flexibility index (Phi) is 8.72. The van der Waals surface area contributed by atoms with Crippen LogP contribution in [-0.4, -0.2) is 76.5 Å². The molecule has 0 aromatic heterocycles. The van der Waals surface area contributed by atoms with Crippen molar-refractivity contribution in [3.8, 4) is 0 Å². The molecule has 0 amide bonds. The number of methoxy groups -OCH3 is 2. The monoisotopic (exact) mass is 424 g/mol. The molecule has 5 unspecified atom stereocenters. The van der Waals surface area contributed by atoms with Crippen molar-refractivity contribution in [2.45, 2.75) is 89.6 Å². The second-order valence-corrected chi connectivity index (χ2v) is 23.2. The van der Waals surface area contributed by atoms with Crippen LogP contribution in [0.5, 0.6) is 0 Å². The highest BCUT2D eigenvalue weighted by atomic mass is 28.4. The molecule has 0 aliphatic carbocycles. The number of rotatable bonds is 9. The summed E-state index contributed by atoms with van der Waals surface area (Å²) in [6, 6.07) is 0. The Morgan fingerprint density at radius 3 is 1.54 bits per heavy atom. The average molecular weight is 425 g/mol. The molecule has 0 radical (unpaired) electrons. The van der Waals surface area contributed by atoms with Crippen molar-refractivity contribution in [2.75, 3.05) is 20.8 Å². The minimum Gasteiger partial charge on any atom is -0.415 e. The Morgan fingerprint density at radius 1 is 0.654 bits per heavy atom. The normalized spacial score (nSPS) is 31.3. The molecule has 156 valence electrons. The Bertz CT molecular complexity index is 430. The van der Waals surface area contributed by atoms with Gasteiger partial charge in [-0.3, -0.25) is 0 Å². The molecule has 5 atom stereocenters. The van der Waals surface area contributed by atoms with Crippen molar-refractivity contribution in [3.63, 3.8) is 0 Å². The summed E-state index contributed by atoms with van der Waals surface area (Å²) in [4.78, 5) is 0. The SMILES string of the molecule is COC1OC(CO[Si](C)(C)C)C(OC)C(O[Si](C)(C)C)C1O[Si](C)(C)C. The second kappa shape index (κ2) is 9.27. The van der Waals surface area contributed by atoms with Gasteiger partial charge in [-0.05, 0) is 58.9 Å². The summed E-state index contributed by atoms with van der Waals surface area (Å²) in [6.45, 7) is 20.0. The summed E-state index contributed by atoms with van der Waals surface area (Å²) >= 11 is 0. The van der Waals surface area contributed by atoms with Gasteiger partial charge in [0, 0.05) is 14.2 Å². The first kappa shape index (κ1) is 24.4. The van der Waals surface area contributed by atoms with E-state index in [9.17, 15) is 0 Å². The first-order valence-corrected chi connectivity index (χ1v) is 19.6. The van der Waals surface area contributed by atoms with E-state index in [1.165, 1.54) is 0 Å². The Labute approximate surface area is 163 Å². The molecular weight excluding hydrogens is 384 g/mol. The summed E-state index contributed by atoms with van der Waals surface area (Å²) in [5.74, 6) is 0. The lowest BCUT2D eigenvalue weighted by Gasteiger charge is -2.48. The zero-order chi connectivity index (χ0) is 20.3. The summed E-state index contributed by atoms with van der Waals surface area (Å²) in [5, 5.41) is 0. The van der Waals surface area contributed by atoms with Crippen molar-refractivity contribution in [1.29, 1.82) is 0 Å². The van der Waals surface area contributed by atoms with Crippen molar-refractivity contribution >= 4 is 25.0 Å². The van der Waals surface area contributed by atoms with Crippen molar-refractivity contribution in [3.05, 3.63) is 0 Å². The van der Waals surface area contributed by atoms with E-state index >= 15 is 0 Å². The van der Waals surface area contributed by atoms with Gasteiger partial charge in [-0.1, -0.05) is 0 Å². The van der Waals surface area contributed by atoms with Crippen LogP contribution in [-0.2, 0) is 27.5 Å². The third kappa shape index (κ3) is 8.19. The molecule has 1 rings (SSSR count). The summed E-state index contributed by atoms with van der Waals surface area (Å²) in [6.07, 6.45) is -1.56. The quantitative estimate of drug-likeness (QED) is 0.526. The van der Waals surface area contributed by atoms with Gasteiger partial charge in [0.25, 0.3) is 0 Å². The van der Waals surface area contributed by atoms with Gasteiger partial charge >= 0.3 is 0 Å². The largest absolute Gasteiger partial charge is 0.415 e. The summed E-state index contributed by atoms with van der Waals surface area (Å²) < 4.78 is 36.8. The Hall–Kier alpha value is 0.411. The van der Waals surface area contributed by atoms with Crippen LogP contribution in [0.15, 0.2) is 0 Å². The minimum absolute atomic E-state index is 0.243. The number of ether oxygens (including phenoxy) is 3. The van der Waals surface area contributed by atoms with Crippen LogP contribution >= 0.6 is 0 Å². The van der Waals surface area contributed by atoms with Gasteiger partial charge in [0.15, 0.2) is 31.2 Å². The molecule has 1 heterocycles. The van der Waals surface area contributed by atoms with E-state index in [4.69, 9.17) is 27.5 Å². The number of hydrogen-bond donors (Lipinski definition) is 0. The number of hydrogen-bond acceptors (Lipinski definition) is 6. The van der Waals surface area contributed by atoms with Crippen LogP contribution in [0, 0.1) is 0 Å². The highest BCUT2D eigenvalue weighted by molar-refractivity contribution is 6.70. The Morgan fingerprint density at radius 2 is 1.15 bits per heavy atom. The van der Waals surface area contributed by atoms with Crippen molar-refractivity contribution in [1.82, 2.24) is 0 Å². The smallest absolute Gasteiger partial charge is 0.185 e. The molecule has 6 nitrogen and oxygen atoms in total. The van der Waals surface area contributed by atoms with E-state index in [0.717, 1.165) is 0 Å². The van der Waals surface area contributed by atoms with E-state index in [-0.39, 0.29) is 24.4 Å². The lowest BCUT2D eigenvalue weighted by Crippen LogP contribution is -2.64. The molecule has 9 heteroatoms. The Balaban J connectivity index is 3.14. The maximum Gasteiger partial charge on any atom is 0.185 e. The molecular formula is C17H40O6Si3. The lowest BCUT2D eigenvalue weighted by molar-refractivity contribution is -0.290. The first-order valence-electron chi connectivity index (χ1n) is 9.37. The van der Waals surface area contributed by atoms with Crippen LogP contribution in [0.2, 0.25) is 58.9 Å². The molecule has 1 aliphatic rings. The molecule has 0 saturated carbocycles. The minimum atomic E-state index is -1.84. The van der Waals surface area contributed by atoms with E-state index in [1.54, 1.807) is 14.2 Å². The van der Waals surface area contributed by atoms with Crippen LogP contribution in [0.1, 0.15) is 0 Å². The van der Waals surface area contributed by atoms with Gasteiger partial charge in [-0.25, -0.2) is 0 Å². The molecule has 0 spiro atoms. The topological polar surface area (TPSA) is 55.4 Å². The maximum absolute atomic E-state index is 6.54. The zero-order valence-electron chi connectivity index (χ0n) is 18.5. The van der Waals surface area contributed by atoms with Crippen LogP contribution < -0.4 is 0 Å². The van der Waals surface area contributed by atoms with Gasteiger partial charge in [-0.15, -0.1) is 0 Å². The predicted octanol–water partition coefficient (Wildman–Crippen LogP) is 3.66. The fourth-order valence-electron chi connectivity index (χ4n) is 2.90.